The third-order valence-corrected chi connectivity index (χ3v) is 3.85. The summed E-state index contributed by atoms with van der Waals surface area (Å²) in [6.45, 7) is 0. The van der Waals surface area contributed by atoms with Gasteiger partial charge in [0.1, 0.15) is 0 Å². The standard InChI is InChI=1S/C6H3ClN2O2Se/c7-2-3(6(10)11)9-5-4(2)12-1-8-5/h1,9H,(H,10,11). The van der Waals surface area contributed by atoms with Gasteiger partial charge >= 0.3 is 77.6 Å². The van der Waals surface area contributed by atoms with Crippen LogP contribution in [0, 0.1) is 0 Å². The summed E-state index contributed by atoms with van der Waals surface area (Å²) in [5, 5.41) is 10.7. The van der Waals surface area contributed by atoms with Gasteiger partial charge in [0.15, 0.2) is 0 Å². The Balaban J connectivity index is 2.78. The summed E-state index contributed by atoms with van der Waals surface area (Å²) in [5.41, 5.74) is 0.637. The van der Waals surface area contributed by atoms with E-state index in [1.807, 2.05) is 0 Å². The summed E-state index contributed by atoms with van der Waals surface area (Å²) in [7, 11) is 0. The van der Waals surface area contributed by atoms with Crippen molar-refractivity contribution >= 4 is 42.0 Å². The first-order valence-corrected chi connectivity index (χ1v) is 5.26. The van der Waals surface area contributed by atoms with E-state index in [1.54, 1.807) is 5.07 Å². The van der Waals surface area contributed by atoms with Crippen LogP contribution in [0.4, 0.5) is 0 Å². The Morgan fingerprint density at radius 2 is 2.50 bits per heavy atom. The van der Waals surface area contributed by atoms with Gasteiger partial charge in [-0.25, -0.2) is 0 Å². The van der Waals surface area contributed by atoms with Gasteiger partial charge in [0.05, 0.1) is 0 Å². The van der Waals surface area contributed by atoms with Crippen molar-refractivity contribution in [3.8, 4) is 0 Å². The predicted molar refractivity (Wildman–Crippen MR) is 45.0 cm³/mol. The second-order valence-electron chi connectivity index (χ2n) is 2.15. The molecule has 0 saturated heterocycles. The van der Waals surface area contributed by atoms with Crippen molar-refractivity contribution in [3.05, 3.63) is 15.8 Å². The predicted octanol–water partition coefficient (Wildman–Crippen LogP) is 0.971. The van der Waals surface area contributed by atoms with E-state index in [4.69, 9.17) is 16.7 Å². The molecule has 0 fully saturated rings. The summed E-state index contributed by atoms with van der Waals surface area (Å²) >= 11 is 5.87. The molecule has 0 aliphatic carbocycles. The number of hydrogen-bond donors (Lipinski definition) is 2. The van der Waals surface area contributed by atoms with Crippen LogP contribution in [0.5, 0.6) is 0 Å². The number of carboxylic acids is 1. The molecular formula is C6H3ClN2O2Se. The maximum atomic E-state index is 10.6. The number of halogens is 1. The molecule has 0 amide bonds. The zero-order valence-corrected chi connectivity index (χ0v) is 8.14. The number of rotatable bonds is 1. The Kier molecular flexibility index (Phi) is 1.72. The second kappa shape index (κ2) is 2.62. The fourth-order valence-corrected chi connectivity index (χ4v) is 2.81. The van der Waals surface area contributed by atoms with Crippen LogP contribution in [-0.2, 0) is 0 Å². The van der Waals surface area contributed by atoms with Gasteiger partial charge in [-0.05, 0) is 0 Å². The molecule has 12 heavy (non-hydrogen) atoms. The van der Waals surface area contributed by atoms with Gasteiger partial charge in [-0.3, -0.25) is 0 Å². The van der Waals surface area contributed by atoms with Crippen LogP contribution in [0.1, 0.15) is 10.5 Å². The molecule has 0 saturated carbocycles. The van der Waals surface area contributed by atoms with Crippen LogP contribution < -0.4 is 0 Å². The monoisotopic (exact) mass is 250 g/mol. The number of carbonyl (C=O) groups is 1. The molecular weight excluding hydrogens is 246 g/mol. The van der Waals surface area contributed by atoms with Gasteiger partial charge in [0, 0.05) is 0 Å². The number of H-pyrrole nitrogens is 1. The first-order chi connectivity index (χ1) is 5.70. The fourth-order valence-electron chi connectivity index (χ4n) is 0.925. The van der Waals surface area contributed by atoms with Gasteiger partial charge in [0.25, 0.3) is 0 Å². The van der Waals surface area contributed by atoms with Gasteiger partial charge in [-0.15, -0.1) is 0 Å². The summed E-state index contributed by atoms with van der Waals surface area (Å²) in [5.74, 6) is -1.04. The molecule has 0 aliphatic heterocycles. The molecule has 0 aliphatic rings. The Morgan fingerprint density at radius 1 is 1.75 bits per heavy atom. The second-order valence-corrected chi connectivity index (χ2v) is 4.32. The number of carboxylic acid groups (broad SMARTS) is 1. The SMILES string of the molecule is O=C(O)c1[nH]c2nc[se]c2c1Cl. The number of nitrogens with zero attached hydrogens (tertiary/aromatic N) is 1. The van der Waals surface area contributed by atoms with Crippen molar-refractivity contribution < 1.29 is 9.90 Å². The van der Waals surface area contributed by atoms with Crippen LogP contribution in [-0.4, -0.2) is 35.5 Å². The molecule has 0 aromatic carbocycles. The zero-order chi connectivity index (χ0) is 8.72. The van der Waals surface area contributed by atoms with Gasteiger partial charge in [-0.1, -0.05) is 0 Å². The van der Waals surface area contributed by atoms with Crippen molar-refractivity contribution in [1.29, 1.82) is 0 Å². The average molecular weight is 250 g/mol. The molecule has 0 radical (unpaired) electrons. The minimum absolute atomic E-state index is 0.0420. The normalized spacial score (nSPS) is 10.8. The number of nitrogens with one attached hydrogen (secondary N) is 1. The minimum atomic E-state index is -1.04. The molecule has 4 nitrogen and oxygen atoms in total. The maximum absolute atomic E-state index is 10.6. The molecule has 0 spiro atoms. The Morgan fingerprint density at radius 3 is 3.08 bits per heavy atom. The molecule has 2 rings (SSSR count). The van der Waals surface area contributed by atoms with Crippen molar-refractivity contribution in [2.75, 3.05) is 0 Å². The van der Waals surface area contributed by atoms with E-state index in [0.29, 0.717) is 10.7 Å². The van der Waals surface area contributed by atoms with E-state index in [-0.39, 0.29) is 20.2 Å². The summed E-state index contributed by atoms with van der Waals surface area (Å²) in [6.07, 6.45) is 0. The van der Waals surface area contributed by atoms with E-state index < -0.39 is 5.97 Å². The molecule has 2 aromatic rings. The van der Waals surface area contributed by atoms with Crippen molar-refractivity contribution in [3.63, 3.8) is 0 Å². The molecule has 6 heteroatoms. The molecule has 2 heterocycles. The number of fused-ring (bicyclic) bond motifs is 1. The summed E-state index contributed by atoms with van der Waals surface area (Å²) in [4.78, 5) is 17.2. The molecule has 0 bridgehead atoms. The molecule has 0 atom stereocenters. The van der Waals surface area contributed by atoms with E-state index in [2.05, 4.69) is 9.97 Å². The van der Waals surface area contributed by atoms with E-state index in [0.717, 1.165) is 4.26 Å². The molecule has 62 valence electrons. The van der Waals surface area contributed by atoms with Gasteiger partial charge in [0.2, 0.25) is 0 Å². The van der Waals surface area contributed by atoms with Gasteiger partial charge < -0.3 is 0 Å². The Bertz CT molecular complexity index is 447. The van der Waals surface area contributed by atoms with Crippen molar-refractivity contribution in [2.24, 2.45) is 0 Å². The first kappa shape index (κ1) is 7.86. The van der Waals surface area contributed by atoms with E-state index in [1.165, 1.54) is 0 Å². The number of aromatic amines is 1. The third kappa shape index (κ3) is 0.982. The van der Waals surface area contributed by atoms with E-state index in [9.17, 15) is 4.79 Å². The van der Waals surface area contributed by atoms with E-state index >= 15 is 0 Å². The van der Waals surface area contributed by atoms with Crippen LogP contribution in [0.15, 0.2) is 5.07 Å². The zero-order valence-electron chi connectivity index (χ0n) is 5.67. The van der Waals surface area contributed by atoms with Crippen molar-refractivity contribution in [2.45, 2.75) is 0 Å². The van der Waals surface area contributed by atoms with Crippen LogP contribution in [0.3, 0.4) is 0 Å². The summed E-state index contributed by atoms with van der Waals surface area (Å²) < 4.78 is 0.835. The summed E-state index contributed by atoms with van der Waals surface area (Å²) in [6, 6.07) is 0. The molecule has 2 N–H and O–H groups in total. The Labute approximate surface area is 77.9 Å². The van der Waals surface area contributed by atoms with Gasteiger partial charge in [-0.2, -0.15) is 0 Å². The topological polar surface area (TPSA) is 66.0 Å². The Hall–Kier alpha value is -0.771. The molecule has 0 unspecified atom stereocenters. The number of aromatic carboxylic acids is 1. The fraction of sp³-hybridized carbons (Fsp3) is 0. The van der Waals surface area contributed by atoms with Crippen LogP contribution in [0.2, 0.25) is 5.02 Å². The number of aromatic nitrogens is 2. The quantitative estimate of drug-likeness (QED) is 0.740. The average Bonchev–Trinajstić information content (AvgIpc) is 2.53. The van der Waals surface area contributed by atoms with Crippen LogP contribution in [0.25, 0.3) is 9.91 Å². The van der Waals surface area contributed by atoms with Crippen molar-refractivity contribution in [1.82, 2.24) is 9.97 Å². The third-order valence-electron chi connectivity index (χ3n) is 1.44. The molecule has 2 aromatic heterocycles. The first-order valence-electron chi connectivity index (χ1n) is 3.04. The van der Waals surface area contributed by atoms with Crippen LogP contribution >= 0.6 is 11.6 Å². The number of hydrogen-bond acceptors (Lipinski definition) is 2.